The third-order valence-corrected chi connectivity index (χ3v) is 2.53. The van der Waals surface area contributed by atoms with Crippen LogP contribution in [0, 0.1) is 11.6 Å². The van der Waals surface area contributed by atoms with Gasteiger partial charge in [-0.1, -0.05) is 12.1 Å². The van der Waals surface area contributed by atoms with Crippen molar-refractivity contribution in [3.8, 4) is 0 Å². The molecule has 0 aliphatic carbocycles. The van der Waals surface area contributed by atoms with Gasteiger partial charge in [-0.3, -0.25) is 15.0 Å². The molecular formula is C14H17F2N3O2. The summed E-state index contributed by atoms with van der Waals surface area (Å²) in [5.41, 5.74) is 0.266. The Morgan fingerprint density at radius 2 is 2.10 bits per heavy atom. The minimum atomic E-state index is -0.675. The Labute approximate surface area is 121 Å². The van der Waals surface area contributed by atoms with Gasteiger partial charge in [0.15, 0.2) is 0 Å². The van der Waals surface area contributed by atoms with Crippen molar-refractivity contribution in [1.29, 1.82) is 0 Å². The minimum absolute atomic E-state index is 0.0989. The van der Waals surface area contributed by atoms with Gasteiger partial charge in [-0.2, -0.15) is 0 Å². The van der Waals surface area contributed by atoms with Gasteiger partial charge in [0.1, 0.15) is 11.6 Å². The summed E-state index contributed by atoms with van der Waals surface area (Å²) in [6, 6.07) is 2.62. The van der Waals surface area contributed by atoms with Crippen LogP contribution in [0.3, 0.4) is 0 Å². The highest BCUT2D eigenvalue weighted by atomic mass is 19.1. The van der Waals surface area contributed by atoms with Crippen LogP contribution in [-0.2, 0) is 11.3 Å². The number of carbonyl (C=O) groups excluding carboxylic acids is 2. The number of rotatable bonds is 6. The number of likely N-dealkylation sites (N-methyl/N-ethyl adjacent to an activating group) is 1. The number of carbonyl (C=O) groups is 2. The van der Waals surface area contributed by atoms with Gasteiger partial charge in [-0.15, -0.1) is 6.58 Å². The van der Waals surface area contributed by atoms with Crippen LogP contribution in [0.25, 0.3) is 0 Å². The van der Waals surface area contributed by atoms with Gasteiger partial charge in [0.2, 0.25) is 5.91 Å². The molecule has 5 nitrogen and oxygen atoms in total. The third kappa shape index (κ3) is 6.13. The van der Waals surface area contributed by atoms with Gasteiger partial charge in [0, 0.05) is 24.7 Å². The molecule has 0 heterocycles. The van der Waals surface area contributed by atoms with Gasteiger partial charge in [-0.05, 0) is 13.1 Å². The van der Waals surface area contributed by atoms with E-state index in [9.17, 15) is 18.4 Å². The molecule has 21 heavy (non-hydrogen) atoms. The van der Waals surface area contributed by atoms with Crippen LogP contribution in [0.1, 0.15) is 5.56 Å². The topological polar surface area (TPSA) is 61.4 Å². The van der Waals surface area contributed by atoms with Crippen molar-refractivity contribution in [3.05, 3.63) is 48.1 Å². The Kier molecular flexibility index (Phi) is 6.48. The van der Waals surface area contributed by atoms with Crippen LogP contribution in [0.2, 0.25) is 0 Å². The van der Waals surface area contributed by atoms with Crippen LogP contribution < -0.4 is 10.6 Å². The average Bonchev–Trinajstić information content (AvgIpc) is 2.39. The van der Waals surface area contributed by atoms with Gasteiger partial charge < -0.3 is 5.32 Å². The zero-order chi connectivity index (χ0) is 15.8. The molecule has 0 aromatic heterocycles. The maximum atomic E-state index is 13.5. The zero-order valence-electron chi connectivity index (χ0n) is 11.7. The molecule has 0 saturated heterocycles. The lowest BCUT2D eigenvalue weighted by molar-refractivity contribution is -0.121. The summed E-state index contributed by atoms with van der Waals surface area (Å²) in [5, 5.41) is 4.52. The van der Waals surface area contributed by atoms with E-state index in [0.717, 1.165) is 12.1 Å². The van der Waals surface area contributed by atoms with E-state index in [0.29, 0.717) is 0 Å². The first-order valence-corrected chi connectivity index (χ1v) is 6.23. The highest BCUT2D eigenvalue weighted by Crippen LogP contribution is 2.11. The normalized spacial score (nSPS) is 10.3. The van der Waals surface area contributed by atoms with Gasteiger partial charge in [-0.25, -0.2) is 13.6 Å². The van der Waals surface area contributed by atoms with Crippen LogP contribution in [-0.4, -0.2) is 37.0 Å². The molecule has 7 heteroatoms. The number of imide groups is 1. The number of hydrogen-bond acceptors (Lipinski definition) is 3. The smallest absolute Gasteiger partial charge is 0.321 e. The maximum Gasteiger partial charge on any atom is 0.321 e. The number of halogens is 2. The first-order chi connectivity index (χ1) is 9.92. The molecule has 0 radical (unpaired) electrons. The predicted molar refractivity (Wildman–Crippen MR) is 74.4 cm³/mol. The fraction of sp³-hybridized carbons (Fsp3) is 0.286. The van der Waals surface area contributed by atoms with E-state index < -0.39 is 23.6 Å². The zero-order valence-corrected chi connectivity index (χ0v) is 11.7. The van der Waals surface area contributed by atoms with Crippen molar-refractivity contribution < 1.29 is 18.4 Å². The molecule has 2 N–H and O–H groups in total. The molecular weight excluding hydrogens is 280 g/mol. The molecule has 0 aliphatic rings. The molecule has 0 unspecified atom stereocenters. The van der Waals surface area contributed by atoms with Crippen LogP contribution in [0.4, 0.5) is 13.6 Å². The second-order valence-electron chi connectivity index (χ2n) is 4.45. The van der Waals surface area contributed by atoms with Crippen LogP contribution in [0.15, 0.2) is 30.9 Å². The molecule has 0 saturated carbocycles. The second kappa shape index (κ2) is 8.11. The fourth-order valence-corrected chi connectivity index (χ4v) is 1.62. The number of hydrogen-bond donors (Lipinski definition) is 2. The first-order valence-electron chi connectivity index (χ1n) is 6.23. The summed E-state index contributed by atoms with van der Waals surface area (Å²) in [4.78, 5) is 24.3. The van der Waals surface area contributed by atoms with E-state index >= 15 is 0 Å². The van der Waals surface area contributed by atoms with Crippen molar-refractivity contribution in [2.24, 2.45) is 0 Å². The van der Waals surface area contributed by atoms with E-state index in [1.807, 2.05) is 0 Å². The highest BCUT2D eigenvalue weighted by Gasteiger charge is 2.12. The SMILES string of the molecule is C=CCNC(=O)NC(=O)CN(C)Cc1ccc(F)cc1F. The van der Waals surface area contributed by atoms with Gasteiger partial charge in [0.25, 0.3) is 0 Å². The van der Waals surface area contributed by atoms with Crippen molar-refractivity contribution in [2.75, 3.05) is 20.1 Å². The number of nitrogens with one attached hydrogen (secondary N) is 2. The predicted octanol–water partition coefficient (Wildman–Crippen LogP) is 1.41. The van der Waals surface area contributed by atoms with Gasteiger partial charge in [0.05, 0.1) is 6.54 Å². The number of benzene rings is 1. The lowest BCUT2D eigenvalue weighted by atomic mass is 10.2. The summed E-state index contributed by atoms with van der Waals surface area (Å²) >= 11 is 0. The van der Waals surface area contributed by atoms with E-state index in [1.165, 1.54) is 17.0 Å². The number of amides is 3. The lowest BCUT2D eigenvalue weighted by Gasteiger charge is -2.16. The Balaban J connectivity index is 2.45. The summed E-state index contributed by atoms with van der Waals surface area (Å²) in [5.74, 6) is -1.86. The lowest BCUT2D eigenvalue weighted by Crippen LogP contribution is -2.43. The Morgan fingerprint density at radius 1 is 1.38 bits per heavy atom. The van der Waals surface area contributed by atoms with Crippen LogP contribution >= 0.6 is 0 Å². The Morgan fingerprint density at radius 3 is 2.71 bits per heavy atom. The fourth-order valence-electron chi connectivity index (χ4n) is 1.62. The Bertz CT molecular complexity index is 535. The molecule has 1 aromatic carbocycles. The maximum absolute atomic E-state index is 13.5. The summed E-state index contributed by atoms with van der Waals surface area (Å²) in [7, 11) is 1.59. The average molecular weight is 297 g/mol. The minimum Gasteiger partial charge on any atom is -0.334 e. The Hall–Kier alpha value is -2.28. The largest absolute Gasteiger partial charge is 0.334 e. The molecule has 114 valence electrons. The van der Waals surface area contributed by atoms with Crippen molar-refractivity contribution in [1.82, 2.24) is 15.5 Å². The van der Waals surface area contributed by atoms with E-state index in [1.54, 1.807) is 7.05 Å². The molecule has 0 aliphatic heterocycles. The van der Waals surface area contributed by atoms with E-state index in [4.69, 9.17) is 0 Å². The van der Waals surface area contributed by atoms with Crippen molar-refractivity contribution in [3.63, 3.8) is 0 Å². The molecule has 1 rings (SSSR count). The van der Waals surface area contributed by atoms with Crippen LogP contribution in [0.5, 0.6) is 0 Å². The monoisotopic (exact) mass is 297 g/mol. The summed E-state index contributed by atoms with van der Waals surface area (Å²) in [6.07, 6.45) is 1.48. The van der Waals surface area contributed by atoms with Crippen molar-refractivity contribution in [2.45, 2.75) is 6.54 Å². The third-order valence-electron chi connectivity index (χ3n) is 2.53. The van der Waals surface area contributed by atoms with Crippen molar-refractivity contribution >= 4 is 11.9 Å². The number of urea groups is 1. The summed E-state index contributed by atoms with van der Waals surface area (Å²) < 4.78 is 26.2. The first kappa shape index (κ1) is 16.8. The second-order valence-corrected chi connectivity index (χ2v) is 4.45. The number of nitrogens with zero attached hydrogens (tertiary/aromatic N) is 1. The van der Waals surface area contributed by atoms with Gasteiger partial charge >= 0.3 is 6.03 Å². The molecule has 0 atom stereocenters. The quantitative estimate of drug-likeness (QED) is 0.780. The van der Waals surface area contributed by atoms with E-state index in [2.05, 4.69) is 17.2 Å². The molecule has 0 spiro atoms. The molecule has 0 fully saturated rings. The molecule has 1 aromatic rings. The highest BCUT2D eigenvalue weighted by molar-refractivity contribution is 5.95. The summed E-state index contributed by atoms with van der Waals surface area (Å²) in [6.45, 7) is 3.69. The molecule has 3 amide bonds. The standard InChI is InChI=1S/C14H17F2N3O2/c1-3-6-17-14(21)18-13(20)9-19(2)8-10-4-5-11(15)7-12(10)16/h3-5,7H,1,6,8-9H2,2H3,(H2,17,18,20,21). The van der Waals surface area contributed by atoms with E-state index in [-0.39, 0.29) is 25.2 Å². The molecule has 0 bridgehead atoms.